The van der Waals surface area contributed by atoms with Gasteiger partial charge in [-0.1, -0.05) is 77.6 Å². The lowest BCUT2D eigenvalue weighted by molar-refractivity contribution is -0.142. The number of Topliss-reactive ketones (excluding diaryl/α,β-unsaturated/α-hetero) is 1. The molecule has 2 aliphatic rings. The van der Waals surface area contributed by atoms with Gasteiger partial charge < -0.3 is 20.9 Å². The lowest BCUT2D eigenvalue weighted by atomic mass is 9.93. The van der Waals surface area contributed by atoms with Crippen LogP contribution in [-0.4, -0.2) is 65.5 Å². The van der Waals surface area contributed by atoms with Gasteiger partial charge in [-0.25, -0.2) is 4.79 Å². The number of hydrogen-bond donors (Lipinski definition) is 3. The highest BCUT2D eigenvalue weighted by molar-refractivity contribution is 6.28. The summed E-state index contributed by atoms with van der Waals surface area (Å²) in [5.41, 5.74) is 2.34. The van der Waals surface area contributed by atoms with E-state index in [2.05, 4.69) is 48.9 Å². The van der Waals surface area contributed by atoms with Crippen LogP contribution in [0.2, 0.25) is 0 Å². The van der Waals surface area contributed by atoms with E-state index < -0.39 is 29.8 Å². The number of rotatable bonds is 17. The first-order valence-electron chi connectivity index (χ1n) is 16.5. The highest BCUT2D eigenvalue weighted by atomic mass is 16.2. The molecule has 0 saturated carbocycles. The minimum absolute atomic E-state index is 0.0223. The van der Waals surface area contributed by atoms with Gasteiger partial charge in [0.2, 0.25) is 17.6 Å². The summed E-state index contributed by atoms with van der Waals surface area (Å²) < 4.78 is 0. The molecule has 0 bridgehead atoms. The van der Waals surface area contributed by atoms with Crippen molar-refractivity contribution < 1.29 is 24.0 Å². The summed E-state index contributed by atoms with van der Waals surface area (Å²) in [5, 5.41) is 8.88. The Morgan fingerprint density at radius 2 is 1.58 bits per heavy atom. The molecule has 1 heterocycles. The number of amides is 4. The first kappa shape index (κ1) is 34.3. The minimum atomic E-state index is -0.902. The molecular weight excluding hydrogens is 544 g/mol. The van der Waals surface area contributed by atoms with Gasteiger partial charge in [0, 0.05) is 12.6 Å². The van der Waals surface area contributed by atoms with Gasteiger partial charge in [0.1, 0.15) is 12.1 Å². The molecule has 238 valence electrons. The van der Waals surface area contributed by atoms with Gasteiger partial charge in [0.25, 0.3) is 0 Å². The molecule has 4 unspecified atom stereocenters. The number of likely N-dealkylation sites (tertiary alicyclic amines) is 1. The second-order valence-corrected chi connectivity index (χ2v) is 12.3. The Morgan fingerprint density at radius 1 is 0.907 bits per heavy atom. The zero-order valence-electron chi connectivity index (χ0n) is 26.5. The van der Waals surface area contributed by atoms with Crippen molar-refractivity contribution in [2.24, 2.45) is 11.8 Å². The van der Waals surface area contributed by atoms with Gasteiger partial charge >= 0.3 is 6.03 Å². The molecule has 0 radical (unpaired) electrons. The summed E-state index contributed by atoms with van der Waals surface area (Å²) in [6.45, 7) is 8.73. The van der Waals surface area contributed by atoms with Crippen molar-refractivity contribution in [1.82, 2.24) is 20.9 Å². The van der Waals surface area contributed by atoms with Crippen LogP contribution >= 0.6 is 0 Å². The molecule has 3 N–H and O–H groups in total. The van der Waals surface area contributed by atoms with Crippen molar-refractivity contribution in [3.63, 3.8) is 0 Å². The fourth-order valence-electron chi connectivity index (χ4n) is 6.62. The summed E-state index contributed by atoms with van der Waals surface area (Å²) in [6.07, 6.45) is 9.46. The van der Waals surface area contributed by atoms with E-state index in [9.17, 15) is 24.0 Å². The maximum absolute atomic E-state index is 14.2. The van der Waals surface area contributed by atoms with Gasteiger partial charge in [0.05, 0.1) is 6.04 Å². The monoisotopic (exact) mass is 596 g/mol. The largest absolute Gasteiger partial charge is 0.344 e. The highest BCUT2D eigenvalue weighted by Gasteiger charge is 2.42. The molecule has 9 heteroatoms. The third-order valence-electron chi connectivity index (χ3n) is 9.47. The number of ketones is 1. The number of fused-ring (bicyclic) bond motifs is 1. The van der Waals surface area contributed by atoms with Crippen molar-refractivity contribution in [2.45, 2.75) is 129 Å². The number of benzene rings is 1. The molecule has 9 nitrogen and oxygen atoms in total. The van der Waals surface area contributed by atoms with E-state index >= 15 is 0 Å². The van der Waals surface area contributed by atoms with Crippen LogP contribution in [0.4, 0.5) is 4.79 Å². The molecule has 1 aromatic rings. The van der Waals surface area contributed by atoms with Crippen molar-refractivity contribution in [3.8, 4) is 0 Å². The van der Waals surface area contributed by atoms with Crippen LogP contribution in [0.3, 0.4) is 0 Å². The maximum Gasteiger partial charge on any atom is 0.315 e. The van der Waals surface area contributed by atoms with Crippen molar-refractivity contribution in [1.29, 1.82) is 0 Å². The van der Waals surface area contributed by atoms with Crippen LogP contribution in [0, 0.1) is 11.8 Å². The number of unbranched alkanes of at least 4 members (excludes halogenated alkanes) is 1. The van der Waals surface area contributed by atoms with Gasteiger partial charge in [-0.3, -0.25) is 19.2 Å². The molecule has 1 saturated heterocycles. The van der Waals surface area contributed by atoms with Crippen molar-refractivity contribution in [2.75, 3.05) is 6.54 Å². The number of aldehydes is 1. The van der Waals surface area contributed by atoms with Crippen LogP contribution in [-0.2, 0) is 32.0 Å². The van der Waals surface area contributed by atoms with Gasteiger partial charge in [-0.2, -0.15) is 0 Å². The molecule has 1 aliphatic heterocycles. The normalized spacial score (nSPS) is 18.5. The molecule has 1 aromatic carbocycles. The Morgan fingerprint density at radius 3 is 2.16 bits per heavy atom. The van der Waals surface area contributed by atoms with E-state index in [-0.39, 0.29) is 30.2 Å². The van der Waals surface area contributed by atoms with Gasteiger partial charge in [0.15, 0.2) is 6.29 Å². The van der Waals surface area contributed by atoms with Crippen LogP contribution < -0.4 is 16.0 Å². The third kappa shape index (κ3) is 9.38. The van der Waals surface area contributed by atoms with Crippen LogP contribution in [0.15, 0.2) is 24.3 Å². The lowest BCUT2D eigenvalue weighted by Crippen LogP contribution is -2.59. The predicted octanol–water partition coefficient (Wildman–Crippen LogP) is 4.50. The Bertz CT molecular complexity index is 1080. The molecule has 1 fully saturated rings. The smallest absolute Gasteiger partial charge is 0.315 e. The fourth-order valence-corrected chi connectivity index (χ4v) is 6.62. The first-order valence-corrected chi connectivity index (χ1v) is 16.5. The number of carbonyl (C=O) groups excluding carboxylic acids is 5. The van der Waals surface area contributed by atoms with Gasteiger partial charge in [-0.15, -0.1) is 0 Å². The molecule has 1 aliphatic carbocycles. The standard InChI is InChI=1S/C34H52N4O5/c1-5-9-15-27(8-4)35-34(43)37-31(26-20-24-13-10-11-14-25(24)21-26)33(42)38-19-12-16-29(38)32(41)36-28(30(40)22-39)18-17-23(6-2)7-3/h10-11,13-14,22-23,26-29,31H,5-9,12,15-21H2,1-4H3,(H,36,41)(H2,35,37,43). The Balaban J connectivity index is 1.77. The van der Waals surface area contributed by atoms with Crippen molar-refractivity contribution in [3.05, 3.63) is 35.4 Å². The molecule has 4 atom stereocenters. The van der Waals surface area contributed by atoms with E-state index in [1.54, 1.807) is 4.90 Å². The Kier molecular flexibility index (Phi) is 13.7. The predicted molar refractivity (Wildman–Crippen MR) is 167 cm³/mol. The maximum atomic E-state index is 14.2. The average molecular weight is 597 g/mol. The Labute approximate surface area is 257 Å². The third-order valence-corrected chi connectivity index (χ3v) is 9.47. The molecule has 43 heavy (non-hydrogen) atoms. The zero-order valence-corrected chi connectivity index (χ0v) is 26.5. The number of urea groups is 1. The topological polar surface area (TPSA) is 125 Å². The summed E-state index contributed by atoms with van der Waals surface area (Å²) >= 11 is 0. The van der Waals surface area contributed by atoms with Crippen LogP contribution in [0.25, 0.3) is 0 Å². The lowest BCUT2D eigenvalue weighted by Gasteiger charge is -2.32. The van der Waals surface area contributed by atoms with Crippen LogP contribution in [0.5, 0.6) is 0 Å². The molecular formula is C34H52N4O5. The zero-order chi connectivity index (χ0) is 31.4. The number of nitrogens with one attached hydrogen (secondary N) is 3. The molecule has 0 aromatic heterocycles. The fraction of sp³-hybridized carbons (Fsp3) is 0.676. The van der Waals surface area contributed by atoms with Gasteiger partial charge in [-0.05, 0) is 74.3 Å². The van der Waals surface area contributed by atoms with E-state index in [4.69, 9.17) is 0 Å². The highest BCUT2D eigenvalue weighted by Crippen LogP contribution is 2.31. The number of nitrogens with zero attached hydrogens (tertiary/aromatic N) is 1. The average Bonchev–Trinajstić information content (AvgIpc) is 3.69. The van der Waals surface area contributed by atoms with E-state index in [1.165, 1.54) is 11.1 Å². The summed E-state index contributed by atoms with van der Waals surface area (Å²) in [4.78, 5) is 66.4. The Hall–Kier alpha value is -3.23. The summed E-state index contributed by atoms with van der Waals surface area (Å²) in [6, 6.07) is 5.29. The van der Waals surface area contributed by atoms with Crippen LogP contribution in [0.1, 0.15) is 103 Å². The number of hydrogen-bond acceptors (Lipinski definition) is 5. The van der Waals surface area contributed by atoms with E-state index in [0.29, 0.717) is 44.6 Å². The summed E-state index contributed by atoms with van der Waals surface area (Å²) in [7, 11) is 0. The molecule has 4 amide bonds. The second kappa shape index (κ2) is 17.2. The van der Waals surface area contributed by atoms with Crippen molar-refractivity contribution >= 4 is 29.9 Å². The molecule has 3 rings (SSSR count). The minimum Gasteiger partial charge on any atom is -0.344 e. The van der Waals surface area contributed by atoms with E-state index in [0.717, 1.165) is 44.9 Å². The number of carbonyl (C=O) groups is 5. The second-order valence-electron chi connectivity index (χ2n) is 12.3. The van der Waals surface area contributed by atoms with E-state index in [1.807, 2.05) is 19.1 Å². The SMILES string of the molecule is CCCCC(CC)NC(=O)NC(C(=O)N1CCCC1C(=O)NC(CCC(CC)CC)C(=O)C=O)C1Cc2ccccc2C1. The molecule has 0 spiro atoms. The quantitative estimate of drug-likeness (QED) is 0.180. The first-order chi connectivity index (χ1) is 20.8. The summed E-state index contributed by atoms with van der Waals surface area (Å²) in [5.74, 6) is -1.07.